The molecule has 0 atom stereocenters. The molecule has 4 rings (SSSR count). The zero-order valence-electron chi connectivity index (χ0n) is 17.0. The molecule has 4 heterocycles. The lowest BCUT2D eigenvalue weighted by molar-refractivity contribution is 0.0654. The van der Waals surface area contributed by atoms with Crippen molar-refractivity contribution in [1.82, 2.24) is 19.7 Å². The number of nitrogens with zero attached hydrogens (tertiary/aromatic N) is 5. The van der Waals surface area contributed by atoms with Gasteiger partial charge in [0.1, 0.15) is 5.69 Å². The minimum absolute atomic E-state index is 0.569. The first-order chi connectivity index (χ1) is 14.9. The summed E-state index contributed by atoms with van der Waals surface area (Å²) in [6.45, 7) is 3.14. The van der Waals surface area contributed by atoms with E-state index in [9.17, 15) is 0 Å². The number of hydrogen-bond acceptors (Lipinski definition) is 6. The Bertz CT molecular complexity index is 999. The molecule has 3 aromatic rings. The number of ether oxygens (including phenoxy) is 2. The summed E-state index contributed by atoms with van der Waals surface area (Å²) in [5.74, 6) is 0. The largest absolute Gasteiger partial charge is 0.382 e. The van der Waals surface area contributed by atoms with E-state index in [1.54, 1.807) is 13.3 Å². The number of allylic oxidation sites excluding steroid dienone is 2. The lowest BCUT2D eigenvalue weighted by Crippen LogP contribution is -2.23. The third kappa shape index (κ3) is 4.64. The van der Waals surface area contributed by atoms with Crippen LogP contribution in [0.25, 0.3) is 17.1 Å². The Morgan fingerprint density at radius 2 is 1.93 bits per heavy atom. The van der Waals surface area contributed by atoms with Gasteiger partial charge in [-0.1, -0.05) is 18.2 Å². The summed E-state index contributed by atoms with van der Waals surface area (Å²) in [5, 5.41) is 4.84. The topological polar surface area (TPSA) is 65.3 Å². The van der Waals surface area contributed by atoms with Crippen LogP contribution in [0.3, 0.4) is 0 Å². The molecule has 0 bridgehead atoms. The van der Waals surface area contributed by atoms with Crippen molar-refractivity contribution in [3.63, 3.8) is 0 Å². The molecule has 0 saturated carbocycles. The summed E-state index contributed by atoms with van der Waals surface area (Å²) in [6, 6.07) is 9.92. The van der Waals surface area contributed by atoms with E-state index in [0.717, 1.165) is 34.9 Å². The van der Waals surface area contributed by atoms with Crippen molar-refractivity contribution < 1.29 is 9.47 Å². The van der Waals surface area contributed by atoms with E-state index >= 15 is 0 Å². The van der Waals surface area contributed by atoms with Crippen molar-refractivity contribution in [2.24, 2.45) is 0 Å². The Morgan fingerprint density at radius 3 is 2.73 bits per heavy atom. The van der Waals surface area contributed by atoms with Gasteiger partial charge in [-0.2, -0.15) is 5.10 Å². The van der Waals surface area contributed by atoms with E-state index in [1.165, 1.54) is 0 Å². The van der Waals surface area contributed by atoms with Crippen LogP contribution >= 0.6 is 0 Å². The van der Waals surface area contributed by atoms with Gasteiger partial charge in [0, 0.05) is 49.7 Å². The number of aromatic nitrogens is 4. The minimum Gasteiger partial charge on any atom is -0.382 e. The summed E-state index contributed by atoms with van der Waals surface area (Å²) in [6.07, 6.45) is 13.8. The van der Waals surface area contributed by atoms with E-state index in [2.05, 4.69) is 39.3 Å². The fraction of sp³-hybridized carbons (Fsp3) is 0.261. The molecular formula is C23H25N5O2. The monoisotopic (exact) mass is 403 g/mol. The van der Waals surface area contributed by atoms with E-state index < -0.39 is 0 Å². The Labute approximate surface area is 176 Å². The highest BCUT2D eigenvalue weighted by atomic mass is 16.5. The predicted molar refractivity (Wildman–Crippen MR) is 117 cm³/mol. The van der Waals surface area contributed by atoms with Crippen LogP contribution in [-0.4, -0.2) is 53.2 Å². The number of pyridine rings is 2. The van der Waals surface area contributed by atoms with Crippen molar-refractivity contribution in [1.29, 1.82) is 0 Å². The zero-order valence-corrected chi connectivity index (χ0v) is 17.0. The number of hydrogen-bond donors (Lipinski definition) is 0. The van der Waals surface area contributed by atoms with Gasteiger partial charge in [0.15, 0.2) is 0 Å². The van der Waals surface area contributed by atoms with Crippen LogP contribution < -0.4 is 4.90 Å². The molecule has 30 heavy (non-hydrogen) atoms. The molecule has 0 unspecified atom stereocenters. The van der Waals surface area contributed by atoms with Crippen molar-refractivity contribution in [2.75, 3.05) is 38.4 Å². The van der Waals surface area contributed by atoms with Crippen LogP contribution in [0, 0.1) is 0 Å². The molecule has 1 aliphatic rings. The quantitative estimate of drug-likeness (QED) is 0.510. The first kappa shape index (κ1) is 20.0. The summed E-state index contributed by atoms with van der Waals surface area (Å²) in [4.78, 5) is 10.9. The smallest absolute Gasteiger partial charge is 0.134 e. The molecule has 0 spiro atoms. The molecule has 1 aliphatic heterocycles. The lowest BCUT2D eigenvalue weighted by atomic mass is 10.1. The lowest BCUT2D eigenvalue weighted by Gasteiger charge is -2.28. The zero-order chi connectivity index (χ0) is 20.6. The minimum atomic E-state index is 0.569. The third-order valence-corrected chi connectivity index (χ3v) is 4.78. The Hall–Kier alpha value is -3.29. The van der Waals surface area contributed by atoms with Crippen LogP contribution in [0.4, 0.5) is 5.69 Å². The van der Waals surface area contributed by atoms with Crippen LogP contribution in [0.1, 0.15) is 5.56 Å². The van der Waals surface area contributed by atoms with E-state index in [1.807, 2.05) is 47.4 Å². The molecule has 0 saturated heterocycles. The maximum atomic E-state index is 5.62. The summed E-state index contributed by atoms with van der Waals surface area (Å²) >= 11 is 0. The van der Waals surface area contributed by atoms with Crippen molar-refractivity contribution >= 4 is 11.4 Å². The maximum absolute atomic E-state index is 5.62. The first-order valence-corrected chi connectivity index (χ1v) is 9.97. The molecule has 7 nitrogen and oxygen atoms in total. The number of anilines is 1. The summed E-state index contributed by atoms with van der Waals surface area (Å²) in [7, 11) is 1.67. The van der Waals surface area contributed by atoms with Gasteiger partial charge in [-0.25, -0.2) is 0 Å². The second-order valence-electron chi connectivity index (χ2n) is 6.77. The van der Waals surface area contributed by atoms with Crippen molar-refractivity contribution in [3.8, 4) is 11.4 Å². The van der Waals surface area contributed by atoms with E-state index in [4.69, 9.17) is 14.6 Å². The highest BCUT2D eigenvalue weighted by Gasteiger charge is 2.22. The SMILES string of the molecule is COCCOCCn1cc(N2CC=CC=C2c2ccncc2)c(-c2ccccn2)n1. The predicted octanol–water partition coefficient (Wildman–Crippen LogP) is 3.42. The first-order valence-electron chi connectivity index (χ1n) is 9.97. The fourth-order valence-corrected chi connectivity index (χ4v) is 3.33. The van der Waals surface area contributed by atoms with Gasteiger partial charge in [-0.05, 0) is 30.3 Å². The second-order valence-corrected chi connectivity index (χ2v) is 6.77. The fourth-order valence-electron chi connectivity index (χ4n) is 3.33. The number of methoxy groups -OCH3 is 1. The normalized spacial score (nSPS) is 13.5. The standard InChI is InChI=1S/C23H25N5O2/c1-29-16-17-30-15-14-27-18-22(23(26-27)20-6-2-4-10-25-20)28-13-5-3-7-21(28)19-8-11-24-12-9-19/h2-12,18H,13-17H2,1H3. The Morgan fingerprint density at radius 1 is 1.03 bits per heavy atom. The Kier molecular flexibility index (Phi) is 6.64. The van der Waals surface area contributed by atoms with Gasteiger partial charge in [-0.15, -0.1) is 0 Å². The molecule has 3 aromatic heterocycles. The molecular weight excluding hydrogens is 378 g/mol. The van der Waals surface area contributed by atoms with Crippen molar-refractivity contribution in [3.05, 3.63) is 78.9 Å². The molecule has 154 valence electrons. The average molecular weight is 403 g/mol. The molecule has 0 radical (unpaired) electrons. The van der Waals surface area contributed by atoms with Gasteiger partial charge in [0.05, 0.1) is 37.7 Å². The molecule has 0 N–H and O–H groups in total. The number of rotatable bonds is 9. The van der Waals surface area contributed by atoms with Gasteiger partial charge in [-0.3, -0.25) is 14.6 Å². The summed E-state index contributed by atoms with van der Waals surface area (Å²) < 4.78 is 12.6. The second kappa shape index (κ2) is 9.96. The maximum Gasteiger partial charge on any atom is 0.134 e. The van der Waals surface area contributed by atoms with Crippen LogP contribution in [-0.2, 0) is 16.0 Å². The average Bonchev–Trinajstić information content (AvgIpc) is 3.24. The van der Waals surface area contributed by atoms with Gasteiger partial charge >= 0.3 is 0 Å². The molecule has 0 amide bonds. The highest BCUT2D eigenvalue weighted by molar-refractivity contribution is 5.87. The van der Waals surface area contributed by atoms with Crippen LogP contribution in [0.15, 0.2) is 73.3 Å². The van der Waals surface area contributed by atoms with Crippen molar-refractivity contribution in [2.45, 2.75) is 6.54 Å². The van der Waals surface area contributed by atoms with Crippen LogP contribution in [0.2, 0.25) is 0 Å². The van der Waals surface area contributed by atoms with Gasteiger partial charge < -0.3 is 14.4 Å². The van der Waals surface area contributed by atoms with Gasteiger partial charge in [0.25, 0.3) is 0 Å². The van der Waals surface area contributed by atoms with Crippen LogP contribution in [0.5, 0.6) is 0 Å². The molecule has 0 aromatic carbocycles. The highest BCUT2D eigenvalue weighted by Crippen LogP contribution is 2.34. The van der Waals surface area contributed by atoms with E-state index in [0.29, 0.717) is 26.4 Å². The summed E-state index contributed by atoms with van der Waals surface area (Å²) in [5.41, 5.74) is 4.92. The molecule has 0 fully saturated rings. The Balaban J connectivity index is 1.65. The molecule has 7 heteroatoms. The van der Waals surface area contributed by atoms with E-state index in [-0.39, 0.29) is 0 Å². The van der Waals surface area contributed by atoms with Gasteiger partial charge in [0.2, 0.25) is 0 Å². The third-order valence-electron chi connectivity index (χ3n) is 4.78. The molecule has 0 aliphatic carbocycles.